The van der Waals surface area contributed by atoms with Gasteiger partial charge in [-0.05, 0) is 61.1 Å². The number of amides is 2. The van der Waals surface area contributed by atoms with Gasteiger partial charge in [0.2, 0.25) is 0 Å². The Morgan fingerprint density at radius 3 is 2.23 bits per heavy atom. The highest BCUT2D eigenvalue weighted by atomic mass is 16.5. The summed E-state index contributed by atoms with van der Waals surface area (Å²) in [5, 5.41) is 5.32. The van der Waals surface area contributed by atoms with Crippen molar-refractivity contribution in [1.29, 1.82) is 0 Å². The van der Waals surface area contributed by atoms with Crippen LogP contribution in [0.15, 0.2) is 42.5 Å². The lowest BCUT2D eigenvalue weighted by molar-refractivity contribution is -0.148. The van der Waals surface area contributed by atoms with Crippen LogP contribution in [0.4, 0.5) is 5.69 Å². The number of benzene rings is 2. The van der Waals surface area contributed by atoms with E-state index in [1.54, 1.807) is 18.2 Å². The lowest BCUT2D eigenvalue weighted by Gasteiger charge is -2.19. The van der Waals surface area contributed by atoms with E-state index in [1.165, 1.54) is 6.92 Å². The standard InChI is InChI=1S/C24H30N2O4/c1-15-8-7-9-20(16(15)2)26-21(27)14-30-23(29)17(3)25-22(28)18-10-12-19(13-11-18)24(4,5)6/h7-13,17H,14H2,1-6H3,(H,25,28)(H,26,27)/t17-/m0/s1. The van der Waals surface area contributed by atoms with Crippen LogP contribution in [0, 0.1) is 13.8 Å². The highest BCUT2D eigenvalue weighted by molar-refractivity contribution is 5.97. The predicted molar refractivity (Wildman–Crippen MR) is 118 cm³/mol. The first kappa shape index (κ1) is 23.1. The highest BCUT2D eigenvalue weighted by Gasteiger charge is 2.20. The van der Waals surface area contributed by atoms with Gasteiger partial charge in [0.1, 0.15) is 6.04 Å². The summed E-state index contributed by atoms with van der Waals surface area (Å²) < 4.78 is 5.04. The van der Waals surface area contributed by atoms with E-state index in [-0.39, 0.29) is 11.3 Å². The van der Waals surface area contributed by atoms with Crippen LogP contribution < -0.4 is 10.6 Å². The number of rotatable bonds is 6. The zero-order valence-corrected chi connectivity index (χ0v) is 18.5. The van der Waals surface area contributed by atoms with Crippen LogP contribution in [0.3, 0.4) is 0 Å². The molecular formula is C24H30N2O4. The maximum atomic E-state index is 12.4. The van der Waals surface area contributed by atoms with Gasteiger partial charge in [-0.1, -0.05) is 45.0 Å². The van der Waals surface area contributed by atoms with Gasteiger partial charge in [-0.3, -0.25) is 9.59 Å². The van der Waals surface area contributed by atoms with E-state index in [0.29, 0.717) is 11.3 Å². The molecule has 0 radical (unpaired) electrons. The van der Waals surface area contributed by atoms with E-state index in [1.807, 2.05) is 38.1 Å². The molecule has 6 nitrogen and oxygen atoms in total. The van der Waals surface area contributed by atoms with Crippen molar-refractivity contribution < 1.29 is 19.1 Å². The number of aryl methyl sites for hydroxylation is 1. The number of esters is 1. The number of carbonyl (C=O) groups is 3. The van der Waals surface area contributed by atoms with Gasteiger partial charge >= 0.3 is 5.97 Å². The van der Waals surface area contributed by atoms with Crippen LogP contribution >= 0.6 is 0 Å². The fourth-order valence-corrected chi connectivity index (χ4v) is 2.79. The van der Waals surface area contributed by atoms with Gasteiger partial charge in [-0.2, -0.15) is 0 Å². The lowest BCUT2D eigenvalue weighted by atomic mass is 9.86. The topological polar surface area (TPSA) is 84.5 Å². The number of carbonyl (C=O) groups excluding carboxylic acids is 3. The molecule has 2 N–H and O–H groups in total. The van der Waals surface area contributed by atoms with Crippen LogP contribution in [0.2, 0.25) is 0 Å². The minimum absolute atomic E-state index is 0.0103. The number of hydrogen-bond donors (Lipinski definition) is 2. The van der Waals surface area contributed by atoms with Crippen molar-refractivity contribution in [1.82, 2.24) is 5.32 Å². The largest absolute Gasteiger partial charge is 0.454 e. The fourth-order valence-electron chi connectivity index (χ4n) is 2.79. The first-order valence-corrected chi connectivity index (χ1v) is 9.93. The molecule has 2 amide bonds. The van der Waals surface area contributed by atoms with Crippen LogP contribution in [0.25, 0.3) is 0 Å². The molecule has 1 atom stereocenters. The van der Waals surface area contributed by atoms with Crippen molar-refractivity contribution >= 4 is 23.5 Å². The molecule has 2 rings (SSSR count). The molecule has 160 valence electrons. The number of anilines is 1. The molecule has 30 heavy (non-hydrogen) atoms. The Bertz CT molecular complexity index is 927. The molecule has 6 heteroatoms. The zero-order valence-electron chi connectivity index (χ0n) is 18.5. The summed E-state index contributed by atoms with van der Waals surface area (Å²) in [6, 6.07) is 12.0. The van der Waals surface area contributed by atoms with Crippen molar-refractivity contribution in [2.24, 2.45) is 0 Å². The second kappa shape index (κ2) is 9.57. The third-order valence-electron chi connectivity index (χ3n) is 4.94. The van der Waals surface area contributed by atoms with Gasteiger partial charge in [-0.15, -0.1) is 0 Å². The van der Waals surface area contributed by atoms with Crippen LogP contribution in [0.1, 0.15) is 54.7 Å². The van der Waals surface area contributed by atoms with Crippen LogP contribution in [-0.4, -0.2) is 30.4 Å². The van der Waals surface area contributed by atoms with Crippen molar-refractivity contribution in [3.63, 3.8) is 0 Å². The van der Waals surface area contributed by atoms with E-state index >= 15 is 0 Å². The van der Waals surface area contributed by atoms with Crippen molar-refractivity contribution in [3.05, 3.63) is 64.7 Å². The Kier molecular flexibility index (Phi) is 7.38. The van der Waals surface area contributed by atoms with Crippen molar-refractivity contribution in [2.45, 2.75) is 53.0 Å². The maximum absolute atomic E-state index is 12.4. The summed E-state index contributed by atoms with van der Waals surface area (Å²) in [5.41, 5.74) is 4.24. The van der Waals surface area contributed by atoms with E-state index < -0.39 is 24.5 Å². The number of hydrogen-bond acceptors (Lipinski definition) is 4. The molecule has 0 unspecified atom stereocenters. The minimum atomic E-state index is -0.881. The van der Waals surface area contributed by atoms with E-state index in [2.05, 4.69) is 31.4 Å². The Balaban J connectivity index is 1.86. The zero-order chi connectivity index (χ0) is 22.5. The van der Waals surface area contributed by atoms with E-state index in [9.17, 15) is 14.4 Å². The summed E-state index contributed by atoms with van der Waals surface area (Å²) in [7, 11) is 0. The molecule has 0 saturated heterocycles. The second-order valence-electron chi connectivity index (χ2n) is 8.43. The molecule has 0 fully saturated rings. The third-order valence-corrected chi connectivity index (χ3v) is 4.94. The molecule has 0 bridgehead atoms. The molecule has 0 aliphatic carbocycles. The van der Waals surface area contributed by atoms with Crippen molar-refractivity contribution in [3.8, 4) is 0 Å². The normalized spacial score (nSPS) is 12.1. The highest BCUT2D eigenvalue weighted by Crippen LogP contribution is 2.22. The Morgan fingerprint density at radius 2 is 1.63 bits per heavy atom. The third kappa shape index (κ3) is 6.17. The van der Waals surface area contributed by atoms with Gasteiger partial charge in [0.15, 0.2) is 6.61 Å². The Hall–Kier alpha value is -3.15. The second-order valence-corrected chi connectivity index (χ2v) is 8.43. The maximum Gasteiger partial charge on any atom is 0.328 e. The van der Waals surface area contributed by atoms with Gasteiger partial charge < -0.3 is 15.4 Å². The van der Waals surface area contributed by atoms with Gasteiger partial charge in [-0.25, -0.2) is 4.79 Å². The van der Waals surface area contributed by atoms with Gasteiger partial charge in [0, 0.05) is 11.3 Å². The Morgan fingerprint density at radius 1 is 1.00 bits per heavy atom. The molecule has 0 heterocycles. The van der Waals surface area contributed by atoms with Gasteiger partial charge in [0.05, 0.1) is 0 Å². The summed E-state index contributed by atoms with van der Waals surface area (Å²) in [4.78, 5) is 36.6. The molecular weight excluding hydrogens is 380 g/mol. The fraction of sp³-hybridized carbons (Fsp3) is 0.375. The average molecular weight is 411 g/mol. The number of ether oxygens (including phenoxy) is 1. The molecule has 0 aromatic heterocycles. The van der Waals surface area contributed by atoms with E-state index in [4.69, 9.17) is 4.74 Å². The molecule has 0 saturated carbocycles. The first-order chi connectivity index (χ1) is 14.0. The average Bonchev–Trinajstić information content (AvgIpc) is 2.69. The van der Waals surface area contributed by atoms with Crippen molar-refractivity contribution in [2.75, 3.05) is 11.9 Å². The number of nitrogens with one attached hydrogen (secondary N) is 2. The molecule has 0 spiro atoms. The van der Waals surface area contributed by atoms with Crippen LogP contribution in [-0.2, 0) is 19.7 Å². The quantitative estimate of drug-likeness (QED) is 0.708. The summed E-state index contributed by atoms with van der Waals surface area (Å²) >= 11 is 0. The molecule has 0 aliphatic rings. The molecule has 2 aromatic rings. The molecule has 2 aromatic carbocycles. The monoisotopic (exact) mass is 410 g/mol. The minimum Gasteiger partial charge on any atom is -0.454 e. The smallest absolute Gasteiger partial charge is 0.328 e. The summed E-state index contributed by atoms with van der Waals surface area (Å²) in [5.74, 6) is -1.49. The summed E-state index contributed by atoms with van der Waals surface area (Å²) in [6.45, 7) is 11.2. The van der Waals surface area contributed by atoms with E-state index in [0.717, 1.165) is 16.7 Å². The first-order valence-electron chi connectivity index (χ1n) is 9.93. The SMILES string of the molecule is Cc1cccc(NC(=O)COC(=O)[C@H](C)NC(=O)c2ccc(C(C)(C)C)cc2)c1C. The van der Waals surface area contributed by atoms with Crippen LogP contribution in [0.5, 0.6) is 0 Å². The Labute approximate surface area is 178 Å². The van der Waals surface area contributed by atoms with Gasteiger partial charge in [0.25, 0.3) is 11.8 Å². The summed E-state index contributed by atoms with van der Waals surface area (Å²) in [6.07, 6.45) is 0. The lowest BCUT2D eigenvalue weighted by Crippen LogP contribution is -2.40. The predicted octanol–water partition coefficient (Wildman–Crippen LogP) is 3.90. The molecule has 0 aliphatic heterocycles.